The number of nitrogens with one attached hydrogen (secondary N) is 2. The zero-order valence-electron chi connectivity index (χ0n) is 12.4. The molecule has 24 heavy (non-hydrogen) atoms. The molecule has 2 N–H and O–H groups in total. The summed E-state index contributed by atoms with van der Waals surface area (Å²) in [5.41, 5.74) is 0. The van der Waals surface area contributed by atoms with E-state index in [1.807, 2.05) is 0 Å². The largest absolute Gasteiger partial charge is 0.519 e. The monoisotopic (exact) mass is 336 g/mol. The molecule has 0 bridgehead atoms. The molecule has 1 amide bonds. The number of hydrogen-bond donors (Lipinski definition) is 2. The lowest BCUT2D eigenvalue weighted by atomic mass is 10.4. The molecule has 0 saturated carbocycles. The Morgan fingerprint density at radius 2 is 1.96 bits per heavy atom. The van der Waals surface area contributed by atoms with Gasteiger partial charge in [-0.25, -0.2) is 14.4 Å². The van der Waals surface area contributed by atoms with Crippen molar-refractivity contribution >= 4 is 17.8 Å². The first kappa shape index (κ1) is 16.8. The molecule has 0 spiro atoms. The second-order valence-electron chi connectivity index (χ2n) is 4.38. The van der Waals surface area contributed by atoms with Crippen LogP contribution >= 0.6 is 0 Å². The smallest absolute Gasteiger partial charge is 0.454 e. The molecular weight excluding hydrogens is 324 g/mol. The lowest BCUT2D eigenvalue weighted by Crippen LogP contribution is -2.36. The van der Waals surface area contributed by atoms with Crippen LogP contribution < -0.4 is 16.5 Å². The van der Waals surface area contributed by atoms with Gasteiger partial charge in [-0.3, -0.25) is 4.79 Å². The zero-order valence-corrected chi connectivity index (χ0v) is 12.4. The Bertz CT molecular complexity index is 811. The zero-order chi connectivity index (χ0) is 17.7. The standard InChI is InChI=1S/C14H12N2O8/c1-7-10(24-14(20)22-7)6-21-11(17)3-4-12(18)23-9-5-15-8(2)16-13(9)19/h3-5,15H,2,6H2,1H3,(H,16,19)/b4-3+. The molecule has 1 aliphatic rings. The second-order valence-corrected chi connectivity index (χ2v) is 4.38. The van der Waals surface area contributed by atoms with Crippen LogP contribution in [0, 0.1) is 6.92 Å². The molecule has 1 aromatic heterocycles. The van der Waals surface area contributed by atoms with Gasteiger partial charge in [-0.2, -0.15) is 0 Å². The van der Waals surface area contributed by atoms with E-state index >= 15 is 0 Å². The second kappa shape index (κ2) is 7.13. The van der Waals surface area contributed by atoms with E-state index in [1.54, 1.807) is 0 Å². The number of carbonyl (C=O) groups is 3. The molecule has 0 aromatic carbocycles. The fourth-order valence-electron chi connectivity index (χ4n) is 1.50. The number of amides is 1. The van der Waals surface area contributed by atoms with E-state index in [0.717, 1.165) is 18.4 Å². The molecule has 0 aliphatic carbocycles. The predicted molar refractivity (Wildman–Crippen MR) is 75.5 cm³/mol. The SMILES string of the molecule is C=C1NC=C(OC(=O)/C=C/C(=O)OCc2oc(=O)oc2C)C(=O)N1. The molecule has 0 saturated heterocycles. The van der Waals surface area contributed by atoms with Crippen LogP contribution in [0.4, 0.5) is 0 Å². The lowest BCUT2D eigenvalue weighted by Gasteiger charge is -2.15. The summed E-state index contributed by atoms with van der Waals surface area (Å²) in [6.45, 7) is 4.58. The fourth-order valence-corrected chi connectivity index (χ4v) is 1.50. The quantitative estimate of drug-likeness (QED) is 0.549. The van der Waals surface area contributed by atoms with E-state index in [4.69, 9.17) is 9.47 Å². The summed E-state index contributed by atoms with van der Waals surface area (Å²) < 4.78 is 18.7. The molecule has 0 atom stereocenters. The highest BCUT2D eigenvalue weighted by Gasteiger charge is 2.19. The maximum Gasteiger partial charge on any atom is 0.519 e. The first-order chi connectivity index (χ1) is 11.3. The van der Waals surface area contributed by atoms with Gasteiger partial charge in [0, 0.05) is 12.2 Å². The summed E-state index contributed by atoms with van der Waals surface area (Å²) in [6.07, 6.45) is 2.72. The van der Waals surface area contributed by atoms with Crippen LogP contribution in [0.15, 0.2) is 50.1 Å². The Morgan fingerprint density at radius 3 is 2.58 bits per heavy atom. The molecule has 0 unspecified atom stereocenters. The van der Waals surface area contributed by atoms with Crippen molar-refractivity contribution in [1.82, 2.24) is 10.6 Å². The number of esters is 2. The molecule has 2 rings (SSSR count). The third kappa shape index (κ3) is 4.47. The highest BCUT2D eigenvalue weighted by molar-refractivity contribution is 5.98. The normalized spacial score (nSPS) is 14.0. The van der Waals surface area contributed by atoms with Crippen molar-refractivity contribution in [3.05, 3.63) is 58.6 Å². The summed E-state index contributed by atoms with van der Waals surface area (Å²) in [6, 6.07) is 0. The maximum absolute atomic E-state index is 11.5. The molecule has 10 heteroatoms. The number of rotatable bonds is 5. The van der Waals surface area contributed by atoms with Crippen LogP contribution in [0.1, 0.15) is 11.5 Å². The van der Waals surface area contributed by atoms with E-state index < -0.39 is 23.7 Å². The fraction of sp³-hybridized carbons (Fsp3) is 0.143. The molecule has 2 heterocycles. The van der Waals surface area contributed by atoms with Gasteiger partial charge in [0.15, 0.2) is 18.1 Å². The Hall–Kier alpha value is -3.56. The van der Waals surface area contributed by atoms with Gasteiger partial charge in [-0.05, 0) is 6.92 Å². The summed E-state index contributed by atoms with van der Waals surface area (Å²) in [7, 11) is 0. The highest BCUT2D eigenvalue weighted by atomic mass is 16.6. The van der Waals surface area contributed by atoms with Crippen molar-refractivity contribution in [3.63, 3.8) is 0 Å². The summed E-state index contributed by atoms with van der Waals surface area (Å²) in [5.74, 6) is -3.24. The van der Waals surface area contributed by atoms with Crippen LogP contribution in [-0.2, 0) is 30.5 Å². The van der Waals surface area contributed by atoms with Crippen LogP contribution in [0.5, 0.6) is 0 Å². The van der Waals surface area contributed by atoms with E-state index in [1.165, 1.54) is 6.92 Å². The predicted octanol–water partition coefficient (Wildman–Crippen LogP) is -0.284. The average molecular weight is 336 g/mol. The minimum Gasteiger partial charge on any atom is -0.454 e. The number of ether oxygens (including phenoxy) is 2. The van der Waals surface area contributed by atoms with Gasteiger partial charge >= 0.3 is 17.8 Å². The number of carbonyl (C=O) groups excluding carboxylic acids is 3. The Labute approximate surface area is 134 Å². The van der Waals surface area contributed by atoms with Gasteiger partial charge in [0.05, 0.1) is 6.20 Å². The molecule has 0 radical (unpaired) electrons. The molecule has 1 aromatic rings. The van der Waals surface area contributed by atoms with Crippen molar-refractivity contribution in [1.29, 1.82) is 0 Å². The topological polar surface area (TPSA) is 137 Å². The molecule has 0 fully saturated rings. The van der Waals surface area contributed by atoms with E-state index in [-0.39, 0.29) is 29.7 Å². The minimum absolute atomic E-state index is 0.0552. The molecule has 126 valence electrons. The number of aryl methyl sites for hydroxylation is 1. The van der Waals surface area contributed by atoms with E-state index in [0.29, 0.717) is 0 Å². The maximum atomic E-state index is 11.5. The van der Waals surface area contributed by atoms with Crippen LogP contribution in [0.2, 0.25) is 0 Å². The van der Waals surface area contributed by atoms with Crippen LogP contribution in [0.25, 0.3) is 0 Å². The van der Waals surface area contributed by atoms with Crippen LogP contribution in [-0.4, -0.2) is 17.8 Å². The first-order valence-corrected chi connectivity index (χ1v) is 6.48. The summed E-state index contributed by atoms with van der Waals surface area (Å²) in [4.78, 5) is 45.2. The molecule has 10 nitrogen and oxygen atoms in total. The minimum atomic E-state index is -0.964. The van der Waals surface area contributed by atoms with Gasteiger partial charge in [-0.1, -0.05) is 6.58 Å². The highest BCUT2D eigenvalue weighted by Crippen LogP contribution is 2.07. The van der Waals surface area contributed by atoms with Gasteiger partial charge in [-0.15, -0.1) is 0 Å². The average Bonchev–Trinajstić information content (AvgIpc) is 2.84. The van der Waals surface area contributed by atoms with Gasteiger partial charge in [0.25, 0.3) is 5.91 Å². The summed E-state index contributed by atoms with van der Waals surface area (Å²) in [5, 5.41) is 4.85. The molecule has 1 aliphatic heterocycles. The van der Waals surface area contributed by atoms with Gasteiger partial charge in [0.1, 0.15) is 5.82 Å². The Kier molecular flexibility index (Phi) is 5.00. The number of hydrogen-bond acceptors (Lipinski definition) is 9. The van der Waals surface area contributed by atoms with Gasteiger partial charge < -0.3 is 28.9 Å². The Balaban J connectivity index is 1.83. The molecular formula is C14H12N2O8. The van der Waals surface area contributed by atoms with E-state index in [2.05, 4.69) is 26.0 Å². The van der Waals surface area contributed by atoms with Gasteiger partial charge in [0.2, 0.25) is 5.76 Å². The first-order valence-electron chi connectivity index (χ1n) is 6.48. The third-order valence-corrected chi connectivity index (χ3v) is 2.61. The van der Waals surface area contributed by atoms with Crippen molar-refractivity contribution in [2.75, 3.05) is 0 Å². The summed E-state index contributed by atoms with van der Waals surface area (Å²) >= 11 is 0. The van der Waals surface area contributed by atoms with Crippen molar-refractivity contribution in [3.8, 4) is 0 Å². The Morgan fingerprint density at radius 1 is 1.25 bits per heavy atom. The van der Waals surface area contributed by atoms with Crippen LogP contribution in [0.3, 0.4) is 0 Å². The van der Waals surface area contributed by atoms with Crippen molar-refractivity contribution in [2.45, 2.75) is 13.5 Å². The lowest BCUT2D eigenvalue weighted by molar-refractivity contribution is -0.141. The van der Waals surface area contributed by atoms with E-state index in [9.17, 15) is 19.2 Å². The third-order valence-electron chi connectivity index (χ3n) is 2.61. The van der Waals surface area contributed by atoms with Crippen molar-refractivity contribution < 1.29 is 32.7 Å². The van der Waals surface area contributed by atoms with Crippen molar-refractivity contribution in [2.24, 2.45) is 0 Å².